The average Bonchev–Trinajstić information content (AvgIpc) is 2.66. The molecule has 0 radical (unpaired) electrons. The lowest BCUT2D eigenvalue weighted by molar-refractivity contribution is -0.127. The van der Waals surface area contributed by atoms with Gasteiger partial charge in [0, 0.05) is 39.1 Å². The van der Waals surface area contributed by atoms with Gasteiger partial charge in [0.15, 0.2) is 9.84 Å². The van der Waals surface area contributed by atoms with E-state index in [0.717, 1.165) is 19.5 Å². The smallest absolute Gasteiger partial charge is 0.219 e. The van der Waals surface area contributed by atoms with Crippen molar-refractivity contribution in [2.24, 2.45) is 0 Å². The molecule has 2 saturated heterocycles. The topological polar surface area (TPSA) is 57.7 Å². The second-order valence-corrected chi connectivity index (χ2v) is 6.90. The van der Waals surface area contributed by atoms with Gasteiger partial charge in [0.2, 0.25) is 5.91 Å². The van der Waals surface area contributed by atoms with Gasteiger partial charge in [-0.2, -0.15) is 0 Å². The Hall–Kier alpha value is -0.620. The number of carbonyl (C=O) groups excluding carboxylic acids is 1. The molecule has 6 heteroatoms. The highest BCUT2D eigenvalue weighted by Crippen LogP contribution is 2.18. The maximum atomic E-state index is 11.3. The summed E-state index contributed by atoms with van der Waals surface area (Å²) >= 11 is 0. The molecule has 0 aliphatic carbocycles. The molecule has 16 heavy (non-hydrogen) atoms. The van der Waals surface area contributed by atoms with Crippen LogP contribution in [-0.4, -0.2) is 67.9 Å². The van der Waals surface area contributed by atoms with E-state index in [-0.39, 0.29) is 17.4 Å². The largest absolute Gasteiger partial charge is 0.341 e. The third-order valence-electron chi connectivity index (χ3n) is 3.50. The Morgan fingerprint density at radius 2 is 1.81 bits per heavy atom. The van der Waals surface area contributed by atoms with E-state index in [1.807, 2.05) is 4.90 Å². The molecule has 1 amide bonds. The summed E-state index contributed by atoms with van der Waals surface area (Å²) in [5.74, 6) is 0.653. The molecular weight excluding hydrogens is 228 g/mol. The van der Waals surface area contributed by atoms with E-state index in [9.17, 15) is 13.2 Å². The molecule has 2 rings (SSSR count). The lowest BCUT2D eigenvalue weighted by Crippen LogP contribution is -2.47. The van der Waals surface area contributed by atoms with Crippen molar-refractivity contribution in [2.45, 2.75) is 19.4 Å². The van der Waals surface area contributed by atoms with Gasteiger partial charge in [-0.15, -0.1) is 0 Å². The number of carbonyl (C=O) groups is 1. The maximum Gasteiger partial charge on any atom is 0.219 e. The zero-order valence-corrected chi connectivity index (χ0v) is 10.4. The normalized spacial score (nSPS) is 30.6. The molecule has 0 N–H and O–H groups in total. The van der Waals surface area contributed by atoms with Crippen LogP contribution in [0.2, 0.25) is 0 Å². The van der Waals surface area contributed by atoms with Crippen LogP contribution in [-0.2, 0) is 14.6 Å². The van der Waals surface area contributed by atoms with Crippen LogP contribution in [0.3, 0.4) is 0 Å². The standard InChI is InChI=1S/C10H18N2O3S/c1-9(13)12-3-2-10(8-12)11-4-6-16(14,15)7-5-11/h10H,2-8H2,1H3. The van der Waals surface area contributed by atoms with E-state index in [0.29, 0.717) is 19.1 Å². The van der Waals surface area contributed by atoms with Crippen molar-refractivity contribution in [1.29, 1.82) is 0 Å². The molecule has 0 spiro atoms. The molecule has 0 aromatic rings. The van der Waals surface area contributed by atoms with Crippen LogP contribution in [0.4, 0.5) is 0 Å². The van der Waals surface area contributed by atoms with Gasteiger partial charge in [0.25, 0.3) is 0 Å². The van der Waals surface area contributed by atoms with E-state index < -0.39 is 9.84 Å². The van der Waals surface area contributed by atoms with Gasteiger partial charge in [-0.05, 0) is 6.42 Å². The Morgan fingerprint density at radius 3 is 2.31 bits per heavy atom. The molecule has 1 unspecified atom stereocenters. The Kier molecular flexibility index (Phi) is 3.21. The molecule has 0 aromatic heterocycles. The van der Waals surface area contributed by atoms with Crippen molar-refractivity contribution in [3.63, 3.8) is 0 Å². The molecule has 1 atom stereocenters. The van der Waals surface area contributed by atoms with E-state index >= 15 is 0 Å². The first-order valence-electron chi connectivity index (χ1n) is 5.68. The van der Waals surface area contributed by atoms with Gasteiger partial charge in [0.05, 0.1) is 11.5 Å². The number of rotatable bonds is 1. The first-order chi connectivity index (χ1) is 7.48. The molecule has 2 heterocycles. The fourth-order valence-corrected chi connectivity index (χ4v) is 3.65. The van der Waals surface area contributed by atoms with E-state index in [4.69, 9.17) is 0 Å². The van der Waals surface area contributed by atoms with Gasteiger partial charge in [0.1, 0.15) is 0 Å². The van der Waals surface area contributed by atoms with Crippen LogP contribution >= 0.6 is 0 Å². The van der Waals surface area contributed by atoms with Crippen LogP contribution in [0.25, 0.3) is 0 Å². The van der Waals surface area contributed by atoms with Gasteiger partial charge in [-0.3, -0.25) is 9.69 Å². The minimum atomic E-state index is -2.80. The van der Waals surface area contributed by atoms with Gasteiger partial charge < -0.3 is 4.90 Å². The number of hydrogen-bond acceptors (Lipinski definition) is 4. The Balaban J connectivity index is 1.89. The lowest BCUT2D eigenvalue weighted by atomic mass is 10.2. The molecule has 2 fully saturated rings. The monoisotopic (exact) mass is 246 g/mol. The lowest BCUT2D eigenvalue weighted by Gasteiger charge is -2.31. The quantitative estimate of drug-likeness (QED) is 0.616. The molecule has 5 nitrogen and oxygen atoms in total. The number of hydrogen-bond donors (Lipinski definition) is 0. The summed E-state index contributed by atoms with van der Waals surface area (Å²) in [6, 6.07) is 0.361. The SMILES string of the molecule is CC(=O)N1CCC(N2CCS(=O)(=O)CC2)C1. The highest BCUT2D eigenvalue weighted by atomic mass is 32.2. The minimum Gasteiger partial charge on any atom is -0.341 e. The molecule has 0 saturated carbocycles. The predicted molar refractivity (Wildman–Crippen MR) is 60.9 cm³/mol. The van der Waals surface area contributed by atoms with Crippen molar-refractivity contribution >= 4 is 15.7 Å². The van der Waals surface area contributed by atoms with Gasteiger partial charge >= 0.3 is 0 Å². The Bertz CT molecular complexity index is 366. The van der Waals surface area contributed by atoms with Crippen molar-refractivity contribution in [3.05, 3.63) is 0 Å². The van der Waals surface area contributed by atoms with Crippen LogP contribution < -0.4 is 0 Å². The van der Waals surface area contributed by atoms with Crippen molar-refractivity contribution < 1.29 is 13.2 Å². The average molecular weight is 246 g/mol. The third-order valence-corrected chi connectivity index (χ3v) is 5.11. The van der Waals surface area contributed by atoms with Crippen LogP contribution in [0.5, 0.6) is 0 Å². The summed E-state index contributed by atoms with van der Waals surface area (Å²) in [4.78, 5) is 15.2. The van der Waals surface area contributed by atoms with E-state index in [2.05, 4.69) is 4.90 Å². The van der Waals surface area contributed by atoms with E-state index in [1.165, 1.54) is 0 Å². The van der Waals surface area contributed by atoms with Gasteiger partial charge in [-0.25, -0.2) is 8.42 Å². The number of nitrogens with zero attached hydrogens (tertiary/aromatic N) is 2. The van der Waals surface area contributed by atoms with E-state index in [1.54, 1.807) is 6.92 Å². The number of likely N-dealkylation sites (tertiary alicyclic amines) is 1. The summed E-state index contributed by atoms with van der Waals surface area (Å²) in [5.41, 5.74) is 0. The van der Waals surface area contributed by atoms with Crippen molar-refractivity contribution in [1.82, 2.24) is 9.80 Å². The summed E-state index contributed by atoms with van der Waals surface area (Å²) in [6.45, 7) is 4.40. The minimum absolute atomic E-state index is 0.118. The summed E-state index contributed by atoms with van der Waals surface area (Å²) in [5, 5.41) is 0. The van der Waals surface area contributed by atoms with Crippen LogP contribution in [0.15, 0.2) is 0 Å². The molecule has 92 valence electrons. The predicted octanol–water partition coefficient (Wildman–Crippen LogP) is -0.662. The molecule has 0 bridgehead atoms. The fraction of sp³-hybridized carbons (Fsp3) is 0.900. The highest BCUT2D eigenvalue weighted by molar-refractivity contribution is 7.91. The van der Waals surface area contributed by atoms with Gasteiger partial charge in [-0.1, -0.05) is 0 Å². The summed E-state index contributed by atoms with van der Waals surface area (Å²) < 4.78 is 22.6. The Morgan fingerprint density at radius 1 is 1.19 bits per heavy atom. The fourth-order valence-electron chi connectivity index (χ4n) is 2.42. The first kappa shape index (κ1) is 11.9. The van der Waals surface area contributed by atoms with Crippen molar-refractivity contribution in [2.75, 3.05) is 37.7 Å². The highest BCUT2D eigenvalue weighted by Gasteiger charge is 2.32. The number of sulfone groups is 1. The molecule has 2 aliphatic heterocycles. The molecular formula is C10H18N2O3S. The second kappa shape index (κ2) is 4.33. The maximum absolute atomic E-state index is 11.3. The third kappa shape index (κ3) is 2.55. The zero-order chi connectivity index (χ0) is 11.8. The van der Waals surface area contributed by atoms with Crippen molar-refractivity contribution in [3.8, 4) is 0 Å². The van der Waals surface area contributed by atoms with Crippen LogP contribution in [0.1, 0.15) is 13.3 Å². The molecule has 0 aromatic carbocycles. The Labute approximate surface area is 96.3 Å². The first-order valence-corrected chi connectivity index (χ1v) is 7.50. The summed E-state index contributed by atoms with van der Waals surface area (Å²) in [7, 11) is -2.80. The number of amides is 1. The summed E-state index contributed by atoms with van der Waals surface area (Å²) in [6.07, 6.45) is 0.972. The van der Waals surface area contributed by atoms with Crippen LogP contribution in [0, 0.1) is 0 Å². The molecule has 2 aliphatic rings. The zero-order valence-electron chi connectivity index (χ0n) is 9.55. The second-order valence-electron chi connectivity index (χ2n) is 4.60.